The molecule has 0 saturated heterocycles. The van der Waals surface area contributed by atoms with Gasteiger partial charge in [0.2, 0.25) is 11.9 Å². The van der Waals surface area contributed by atoms with Gasteiger partial charge in [0.1, 0.15) is 6.26 Å². The Bertz CT molecular complexity index is 223. The third-order valence-electron chi connectivity index (χ3n) is 1.08. The minimum atomic E-state index is 0.250. The first-order valence-corrected chi connectivity index (χ1v) is 3.83. The summed E-state index contributed by atoms with van der Waals surface area (Å²) in [6, 6.07) is 1.46. The highest BCUT2D eigenvalue weighted by Crippen LogP contribution is 2.02. The molecular weight excluding hydrogens is 156 g/mol. The Morgan fingerprint density at radius 1 is 1.58 bits per heavy atom. The van der Waals surface area contributed by atoms with Crippen molar-refractivity contribution in [1.82, 2.24) is 5.16 Å². The maximum atomic E-state index is 9.50. The fourth-order valence-corrected chi connectivity index (χ4v) is 0.311. The third-order valence-corrected chi connectivity index (χ3v) is 1.08. The van der Waals surface area contributed by atoms with E-state index in [1.165, 1.54) is 31.3 Å². The van der Waals surface area contributed by atoms with Crippen LogP contribution in [0.15, 0.2) is 21.8 Å². The van der Waals surface area contributed by atoms with Crippen molar-refractivity contribution >= 4 is 11.9 Å². The lowest BCUT2D eigenvalue weighted by molar-refractivity contribution is 0.421. The second-order valence-corrected chi connectivity index (χ2v) is 2.06. The van der Waals surface area contributed by atoms with Crippen molar-refractivity contribution in [2.45, 2.75) is 26.7 Å². The lowest BCUT2D eigenvalue weighted by atomic mass is 10.4. The van der Waals surface area contributed by atoms with Crippen LogP contribution in [-0.4, -0.2) is 11.2 Å². The summed E-state index contributed by atoms with van der Waals surface area (Å²) >= 11 is 0. The van der Waals surface area contributed by atoms with E-state index in [9.17, 15) is 4.79 Å². The molecule has 1 heterocycles. The largest absolute Gasteiger partial charge is 0.363 e. The molecule has 0 unspecified atom stereocenters. The normalized spacial score (nSPS) is 7.83. The molecule has 0 N–H and O–H groups in total. The minimum absolute atomic E-state index is 0.250. The van der Waals surface area contributed by atoms with Crippen molar-refractivity contribution in [3.05, 3.63) is 12.3 Å². The third kappa shape index (κ3) is 5.38. The average Bonchev–Trinajstić information content (AvgIpc) is 2.58. The van der Waals surface area contributed by atoms with Crippen LogP contribution in [0.2, 0.25) is 0 Å². The molecule has 0 aliphatic rings. The smallest absolute Gasteiger partial charge is 0.242 e. The summed E-state index contributed by atoms with van der Waals surface area (Å²) in [5.74, 6) is 0.250. The first-order valence-electron chi connectivity index (χ1n) is 3.83. The van der Waals surface area contributed by atoms with Gasteiger partial charge >= 0.3 is 0 Å². The standard InChI is InChI=1S/C4H2N2O2.C4H10/c7-3-5-4-1-2-8-6-4;1-3-4-2/h1-2H;3-4H2,1-2H3. The van der Waals surface area contributed by atoms with Gasteiger partial charge in [-0.25, -0.2) is 4.79 Å². The first-order chi connectivity index (χ1) is 5.85. The molecule has 0 bridgehead atoms. The van der Waals surface area contributed by atoms with E-state index in [1.807, 2.05) is 0 Å². The molecule has 4 heteroatoms. The lowest BCUT2D eigenvalue weighted by Crippen LogP contribution is -1.55. The quantitative estimate of drug-likeness (QED) is 0.503. The lowest BCUT2D eigenvalue weighted by Gasteiger charge is -1.68. The maximum absolute atomic E-state index is 9.50. The Morgan fingerprint density at radius 2 is 2.25 bits per heavy atom. The Labute approximate surface area is 71.3 Å². The highest BCUT2D eigenvalue weighted by molar-refractivity contribution is 5.42. The molecule has 0 aromatic carbocycles. The van der Waals surface area contributed by atoms with Gasteiger partial charge in [-0.3, -0.25) is 0 Å². The van der Waals surface area contributed by atoms with Gasteiger partial charge in [0, 0.05) is 6.07 Å². The molecule has 0 fully saturated rings. The number of carbonyl (C=O) groups excluding carboxylic acids is 1. The van der Waals surface area contributed by atoms with Crippen LogP contribution in [0.1, 0.15) is 26.7 Å². The molecule has 0 aliphatic heterocycles. The maximum Gasteiger partial charge on any atom is 0.242 e. The van der Waals surface area contributed by atoms with Crippen LogP contribution in [0.4, 0.5) is 5.82 Å². The molecule has 1 rings (SSSR count). The van der Waals surface area contributed by atoms with Gasteiger partial charge in [0.15, 0.2) is 0 Å². The fraction of sp³-hybridized carbons (Fsp3) is 0.500. The second kappa shape index (κ2) is 7.69. The van der Waals surface area contributed by atoms with Crippen molar-refractivity contribution in [2.24, 2.45) is 4.99 Å². The average molecular weight is 168 g/mol. The summed E-state index contributed by atoms with van der Waals surface area (Å²) in [6.45, 7) is 4.36. The van der Waals surface area contributed by atoms with E-state index in [-0.39, 0.29) is 5.82 Å². The van der Waals surface area contributed by atoms with Crippen molar-refractivity contribution in [3.8, 4) is 0 Å². The molecule has 0 spiro atoms. The zero-order chi connectivity index (χ0) is 9.23. The number of nitrogens with zero attached hydrogens (tertiary/aromatic N) is 2. The number of isocyanates is 1. The number of aromatic nitrogens is 1. The van der Waals surface area contributed by atoms with Crippen molar-refractivity contribution in [3.63, 3.8) is 0 Å². The van der Waals surface area contributed by atoms with Gasteiger partial charge in [-0.05, 0) is 0 Å². The van der Waals surface area contributed by atoms with Crippen LogP contribution in [0.25, 0.3) is 0 Å². The van der Waals surface area contributed by atoms with Crippen LogP contribution in [0.5, 0.6) is 0 Å². The van der Waals surface area contributed by atoms with E-state index in [0.717, 1.165) is 0 Å². The van der Waals surface area contributed by atoms with Crippen LogP contribution in [0, 0.1) is 0 Å². The number of unbranched alkanes of at least 4 members (excludes halogenated alkanes) is 1. The Kier molecular flexibility index (Phi) is 6.79. The zero-order valence-electron chi connectivity index (χ0n) is 7.28. The van der Waals surface area contributed by atoms with Gasteiger partial charge in [0.05, 0.1) is 0 Å². The predicted octanol–water partition coefficient (Wildman–Crippen LogP) is 2.45. The number of hydrogen-bond acceptors (Lipinski definition) is 4. The molecule has 12 heavy (non-hydrogen) atoms. The number of aliphatic imine (C=N–C) groups is 1. The van der Waals surface area contributed by atoms with Crippen LogP contribution < -0.4 is 0 Å². The van der Waals surface area contributed by atoms with E-state index in [1.54, 1.807) is 0 Å². The summed E-state index contributed by atoms with van der Waals surface area (Å²) in [7, 11) is 0. The summed E-state index contributed by atoms with van der Waals surface area (Å²) in [5.41, 5.74) is 0. The molecule has 0 aliphatic carbocycles. The summed E-state index contributed by atoms with van der Waals surface area (Å²) < 4.78 is 4.34. The fourth-order valence-electron chi connectivity index (χ4n) is 0.311. The van der Waals surface area contributed by atoms with E-state index < -0.39 is 0 Å². The number of rotatable bonds is 2. The predicted molar refractivity (Wildman–Crippen MR) is 44.9 cm³/mol. The van der Waals surface area contributed by atoms with Gasteiger partial charge in [-0.1, -0.05) is 31.8 Å². The summed E-state index contributed by atoms with van der Waals surface area (Å²) in [6.07, 6.45) is 5.29. The molecule has 0 atom stereocenters. The molecule has 1 aromatic heterocycles. The number of hydrogen-bond donors (Lipinski definition) is 0. The Balaban J connectivity index is 0.000000261. The molecule has 4 nitrogen and oxygen atoms in total. The summed E-state index contributed by atoms with van der Waals surface area (Å²) in [5, 5.41) is 3.30. The second-order valence-electron chi connectivity index (χ2n) is 2.06. The van der Waals surface area contributed by atoms with Crippen LogP contribution >= 0.6 is 0 Å². The molecule has 0 amide bonds. The molecule has 66 valence electrons. The molecular formula is C8H12N2O2. The van der Waals surface area contributed by atoms with E-state index >= 15 is 0 Å². The van der Waals surface area contributed by atoms with Gasteiger partial charge in [-0.2, -0.15) is 0 Å². The van der Waals surface area contributed by atoms with E-state index in [0.29, 0.717) is 0 Å². The minimum Gasteiger partial charge on any atom is -0.363 e. The Hall–Kier alpha value is -1.41. The van der Waals surface area contributed by atoms with Gasteiger partial charge < -0.3 is 4.52 Å². The Morgan fingerprint density at radius 3 is 2.58 bits per heavy atom. The molecule has 1 aromatic rings. The van der Waals surface area contributed by atoms with Crippen molar-refractivity contribution in [2.75, 3.05) is 0 Å². The first kappa shape index (κ1) is 10.6. The highest BCUT2D eigenvalue weighted by atomic mass is 16.5. The van der Waals surface area contributed by atoms with Crippen LogP contribution in [0.3, 0.4) is 0 Å². The van der Waals surface area contributed by atoms with Gasteiger partial charge in [0.25, 0.3) is 0 Å². The zero-order valence-corrected chi connectivity index (χ0v) is 7.28. The van der Waals surface area contributed by atoms with E-state index in [2.05, 4.69) is 28.5 Å². The molecule has 0 saturated carbocycles. The van der Waals surface area contributed by atoms with Crippen molar-refractivity contribution in [1.29, 1.82) is 0 Å². The summed E-state index contributed by atoms with van der Waals surface area (Å²) in [4.78, 5) is 12.7. The van der Waals surface area contributed by atoms with Gasteiger partial charge in [-0.15, -0.1) is 4.99 Å². The SMILES string of the molecule is CCCC.O=C=Nc1ccon1. The monoisotopic (exact) mass is 168 g/mol. The van der Waals surface area contributed by atoms with Crippen molar-refractivity contribution < 1.29 is 9.32 Å². The molecule has 0 radical (unpaired) electrons. The topological polar surface area (TPSA) is 55.5 Å². The highest BCUT2D eigenvalue weighted by Gasteiger charge is 1.86. The van der Waals surface area contributed by atoms with E-state index in [4.69, 9.17) is 0 Å². The van der Waals surface area contributed by atoms with Crippen LogP contribution in [-0.2, 0) is 4.79 Å².